The number of nitrogens with zero attached hydrogens (tertiary/aromatic N) is 2. The molecular formula is C43H30N2Si. The third kappa shape index (κ3) is 4.47. The Bertz CT molecular complexity index is 2300. The van der Waals surface area contributed by atoms with Crippen LogP contribution in [0.3, 0.4) is 0 Å². The normalized spacial score (nSPS) is 11.5. The molecule has 8 rings (SSSR count). The predicted octanol–water partition coefficient (Wildman–Crippen LogP) is 7.70. The highest BCUT2D eigenvalue weighted by Crippen LogP contribution is 2.33. The summed E-state index contributed by atoms with van der Waals surface area (Å²) < 4.78 is 2.32. The third-order valence-corrected chi connectivity index (χ3v) is 14.0. The Morgan fingerprint density at radius 3 is 1.46 bits per heavy atom. The minimum absolute atomic E-state index is 0.663. The zero-order chi connectivity index (χ0) is 30.9. The van der Waals surface area contributed by atoms with Crippen LogP contribution in [-0.4, -0.2) is 12.6 Å². The topological polar surface area (TPSA) is 28.7 Å². The molecule has 0 N–H and O–H groups in total. The summed E-state index contributed by atoms with van der Waals surface area (Å²) in [5.74, 6) is 0. The van der Waals surface area contributed by atoms with Crippen molar-refractivity contribution in [3.63, 3.8) is 0 Å². The molecule has 7 aromatic carbocycles. The molecule has 0 bridgehead atoms. The number of rotatable bonds is 6. The average molecular weight is 603 g/mol. The zero-order valence-electron chi connectivity index (χ0n) is 25.2. The molecule has 0 unspecified atom stereocenters. The minimum Gasteiger partial charge on any atom is -0.309 e. The van der Waals surface area contributed by atoms with Crippen molar-refractivity contribution < 1.29 is 0 Å². The van der Waals surface area contributed by atoms with Crippen LogP contribution in [0.5, 0.6) is 0 Å². The second-order valence-electron chi connectivity index (χ2n) is 11.7. The van der Waals surface area contributed by atoms with Gasteiger partial charge in [-0.15, -0.1) is 0 Å². The van der Waals surface area contributed by atoms with Gasteiger partial charge in [-0.1, -0.05) is 146 Å². The SMILES string of the molecule is N#Cc1ccc2c(c1)c1cc([Si](c3ccccc3)(c3ccccc3)c3ccc(-c4ccccc4)cc3)ccc1n2-c1ccccc1. The lowest BCUT2D eigenvalue weighted by molar-refractivity contribution is 1.18. The van der Waals surface area contributed by atoms with Crippen LogP contribution in [0.4, 0.5) is 0 Å². The van der Waals surface area contributed by atoms with E-state index in [1.165, 1.54) is 31.9 Å². The van der Waals surface area contributed by atoms with E-state index in [1.807, 2.05) is 18.2 Å². The van der Waals surface area contributed by atoms with Gasteiger partial charge in [-0.25, -0.2) is 0 Å². The van der Waals surface area contributed by atoms with Gasteiger partial charge in [-0.3, -0.25) is 0 Å². The molecule has 0 saturated carbocycles. The summed E-state index contributed by atoms with van der Waals surface area (Å²) in [5.41, 5.74) is 6.41. The van der Waals surface area contributed by atoms with E-state index in [1.54, 1.807) is 0 Å². The first-order chi connectivity index (χ1) is 22.8. The maximum Gasteiger partial charge on any atom is 0.179 e. The summed E-state index contributed by atoms with van der Waals surface area (Å²) in [6.07, 6.45) is 0. The van der Waals surface area contributed by atoms with Crippen molar-refractivity contribution in [3.05, 3.63) is 188 Å². The molecule has 0 saturated heterocycles. The lowest BCUT2D eigenvalue weighted by Gasteiger charge is -2.34. The summed E-state index contributed by atoms with van der Waals surface area (Å²) in [5, 5.41) is 17.4. The summed E-state index contributed by atoms with van der Waals surface area (Å²) >= 11 is 0. The Morgan fingerprint density at radius 1 is 0.413 bits per heavy atom. The molecule has 1 aromatic heterocycles. The lowest BCUT2D eigenvalue weighted by atomic mass is 10.1. The molecule has 0 aliphatic heterocycles. The fraction of sp³-hybridized carbons (Fsp3) is 0. The van der Waals surface area contributed by atoms with Crippen LogP contribution < -0.4 is 20.7 Å². The molecule has 216 valence electrons. The van der Waals surface area contributed by atoms with Crippen molar-refractivity contribution in [1.82, 2.24) is 4.57 Å². The Labute approximate surface area is 270 Å². The molecule has 0 radical (unpaired) electrons. The van der Waals surface area contributed by atoms with Gasteiger partial charge < -0.3 is 4.57 Å². The first-order valence-corrected chi connectivity index (χ1v) is 17.6. The van der Waals surface area contributed by atoms with E-state index in [4.69, 9.17) is 0 Å². The second-order valence-corrected chi connectivity index (χ2v) is 15.5. The summed E-state index contributed by atoms with van der Waals surface area (Å²) in [7, 11) is -2.79. The molecule has 46 heavy (non-hydrogen) atoms. The maximum atomic E-state index is 9.88. The zero-order valence-corrected chi connectivity index (χ0v) is 26.2. The largest absolute Gasteiger partial charge is 0.309 e. The van der Waals surface area contributed by atoms with Crippen LogP contribution >= 0.6 is 0 Å². The van der Waals surface area contributed by atoms with Gasteiger partial charge in [0, 0.05) is 16.5 Å². The minimum atomic E-state index is -2.79. The van der Waals surface area contributed by atoms with Crippen molar-refractivity contribution >= 4 is 50.6 Å². The third-order valence-electron chi connectivity index (χ3n) is 9.18. The fourth-order valence-corrected chi connectivity index (χ4v) is 11.8. The molecule has 0 fully saturated rings. The maximum absolute atomic E-state index is 9.88. The van der Waals surface area contributed by atoms with Crippen LogP contribution in [0.25, 0.3) is 38.6 Å². The number of para-hydroxylation sites is 1. The van der Waals surface area contributed by atoms with Gasteiger partial charge in [0.25, 0.3) is 0 Å². The first-order valence-electron chi connectivity index (χ1n) is 15.6. The van der Waals surface area contributed by atoms with Crippen LogP contribution in [-0.2, 0) is 0 Å². The van der Waals surface area contributed by atoms with E-state index < -0.39 is 8.07 Å². The van der Waals surface area contributed by atoms with Gasteiger partial charge in [-0.2, -0.15) is 5.26 Å². The van der Waals surface area contributed by atoms with Crippen molar-refractivity contribution in [2.45, 2.75) is 0 Å². The van der Waals surface area contributed by atoms with E-state index in [0.717, 1.165) is 27.5 Å². The lowest BCUT2D eigenvalue weighted by Crippen LogP contribution is -2.74. The molecule has 1 heterocycles. The van der Waals surface area contributed by atoms with E-state index in [0.29, 0.717) is 5.56 Å². The van der Waals surface area contributed by atoms with Gasteiger partial charge in [0.05, 0.1) is 22.7 Å². The van der Waals surface area contributed by atoms with Gasteiger partial charge in [0.15, 0.2) is 8.07 Å². The molecule has 0 amide bonds. The highest BCUT2D eigenvalue weighted by molar-refractivity contribution is 7.20. The Balaban J connectivity index is 1.46. The van der Waals surface area contributed by atoms with Crippen LogP contribution in [0, 0.1) is 11.3 Å². The smallest absolute Gasteiger partial charge is 0.179 e. The Kier molecular flexibility index (Phi) is 6.91. The van der Waals surface area contributed by atoms with Crippen LogP contribution in [0.1, 0.15) is 5.56 Å². The monoisotopic (exact) mass is 602 g/mol. The number of aromatic nitrogens is 1. The van der Waals surface area contributed by atoms with Crippen LogP contribution in [0.2, 0.25) is 0 Å². The molecule has 2 nitrogen and oxygen atoms in total. The van der Waals surface area contributed by atoms with Crippen molar-refractivity contribution in [2.75, 3.05) is 0 Å². The molecule has 0 aliphatic rings. The predicted molar refractivity (Wildman–Crippen MR) is 195 cm³/mol. The van der Waals surface area contributed by atoms with Crippen LogP contribution in [0.15, 0.2) is 182 Å². The number of hydrogen-bond donors (Lipinski definition) is 0. The molecule has 3 heteroatoms. The van der Waals surface area contributed by atoms with E-state index in [2.05, 4.69) is 174 Å². The van der Waals surface area contributed by atoms with E-state index in [9.17, 15) is 5.26 Å². The van der Waals surface area contributed by atoms with Gasteiger partial charge in [0.2, 0.25) is 0 Å². The van der Waals surface area contributed by atoms with Crippen molar-refractivity contribution in [2.24, 2.45) is 0 Å². The van der Waals surface area contributed by atoms with E-state index >= 15 is 0 Å². The summed E-state index contributed by atoms with van der Waals surface area (Å²) in [6.45, 7) is 0. The molecular weight excluding hydrogens is 573 g/mol. The molecule has 0 aliphatic carbocycles. The average Bonchev–Trinajstić information content (AvgIpc) is 3.47. The summed E-state index contributed by atoms with van der Waals surface area (Å²) in [4.78, 5) is 0. The molecule has 0 atom stereocenters. The Hall–Kier alpha value is -5.95. The Morgan fingerprint density at radius 2 is 0.870 bits per heavy atom. The number of hydrogen-bond acceptors (Lipinski definition) is 1. The fourth-order valence-electron chi connectivity index (χ4n) is 7.10. The number of fused-ring (bicyclic) bond motifs is 3. The van der Waals surface area contributed by atoms with Crippen molar-refractivity contribution in [3.8, 4) is 22.9 Å². The highest BCUT2D eigenvalue weighted by atomic mass is 28.3. The molecule has 0 spiro atoms. The number of nitriles is 1. The van der Waals surface area contributed by atoms with Gasteiger partial charge >= 0.3 is 0 Å². The first kappa shape index (κ1) is 27.6. The quantitative estimate of drug-likeness (QED) is 0.142. The standard InChI is InChI=1S/C43H30N2Si/c44-31-32-21-27-42-40(29-32)41-30-39(26-28-43(41)45(42)35-15-7-2-8-16-35)46(36-17-9-3-10-18-36,37-19-11-4-12-20-37)38-24-22-34(23-25-38)33-13-5-1-6-14-33/h1-30H. The summed E-state index contributed by atoms with van der Waals surface area (Å²) in [6, 6.07) is 67.9. The highest BCUT2D eigenvalue weighted by Gasteiger charge is 2.41. The van der Waals surface area contributed by atoms with E-state index in [-0.39, 0.29) is 0 Å². The van der Waals surface area contributed by atoms with Gasteiger partial charge in [-0.05, 0) is 68.3 Å². The molecule has 8 aromatic rings. The van der Waals surface area contributed by atoms with Crippen molar-refractivity contribution in [1.29, 1.82) is 5.26 Å². The number of benzene rings is 7. The van der Waals surface area contributed by atoms with Gasteiger partial charge in [0.1, 0.15) is 0 Å². The second kappa shape index (κ2) is 11.5.